The Balaban J connectivity index is 2.77. The molecule has 0 aliphatic rings. The van der Waals surface area contributed by atoms with Crippen LogP contribution in [0.5, 0.6) is 0 Å². The van der Waals surface area contributed by atoms with E-state index in [9.17, 15) is 0 Å². The number of hydrogen-bond donors (Lipinski definition) is 1. The molecule has 0 atom stereocenters. The fourth-order valence-electron chi connectivity index (χ4n) is 0.403. The van der Waals surface area contributed by atoms with Gasteiger partial charge in [-0.2, -0.15) is 0 Å². The van der Waals surface area contributed by atoms with Crippen molar-refractivity contribution in [1.82, 2.24) is 4.98 Å². The van der Waals surface area contributed by atoms with E-state index >= 15 is 0 Å². The van der Waals surface area contributed by atoms with Crippen LogP contribution in [0.15, 0.2) is 23.2 Å². The summed E-state index contributed by atoms with van der Waals surface area (Å²) in [7, 11) is 0. The summed E-state index contributed by atoms with van der Waals surface area (Å²) in [6.45, 7) is 0. The van der Waals surface area contributed by atoms with E-state index in [0.29, 0.717) is 5.76 Å². The van der Waals surface area contributed by atoms with Crippen LogP contribution >= 0.6 is 0 Å². The van der Waals surface area contributed by atoms with Crippen LogP contribution in [0, 0.1) is 0 Å². The molecule has 0 aliphatic carbocycles. The molecule has 0 spiro atoms. The second kappa shape index (κ2) is 2.16. The van der Waals surface area contributed by atoms with Crippen molar-refractivity contribution >= 4 is 6.08 Å². The molecule has 0 saturated carbocycles. The second-order valence-electron chi connectivity index (χ2n) is 1.26. The van der Waals surface area contributed by atoms with E-state index in [2.05, 4.69) is 4.98 Å². The number of nitrogens with two attached hydrogens (primary N) is 1. The molecule has 2 N–H and O–H groups in total. The molecule has 1 heterocycles. The van der Waals surface area contributed by atoms with Crippen molar-refractivity contribution in [1.29, 1.82) is 0 Å². The van der Waals surface area contributed by atoms with Crippen molar-refractivity contribution < 1.29 is 4.42 Å². The molecule has 1 aromatic rings. The fraction of sp³-hybridized carbons (Fsp3) is 0. The third kappa shape index (κ3) is 0.872. The summed E-state index contributed by atoms with van der Waals surface area (Å²) < 4.78 is 4.80. The average molecular weight is 110 g/mol. The lowest BCUT2D eigenvalue weighted by Crippen LogP contribution is -1.73. The highest BCUT2D eigenvalue weighted by molar-refractivity contribution is 5.39. The lowest BCUT2D eigenvalue weighted by atomic mass is 10.5. The maximum atomic E-state index is 5.05. The normalized spacial score (nSPS) is 10.5. The Kier molecular flexibility index (Phi) is 1.32. The average Bonchev–Trinajstić information content (AvgIpc) is 2.19. The molecule has 0 radical (unpaired) electrons. The fourth-order valence-corrected chi connectivity index (χ4v) is 0.403. The number of nitrogens with zero attached hydrogens (tertiary/aromatic N) is 1. The number of oxazole rings is 1. The zero-order valence-electron chi connectivity index (χ0n) is 4.24. The first kappa shape index (κ1) is 4.90. The van der Waals surface area contributed by atoms with E-state index < -0.39 is 0 Å². The molecule has 0 amide bonds. The van der Waals surface area contributed by atoms with Gasteiger partial charge in [-0.25, -0.2) is 4.98 Å². The molecule has 3 nitrogen and oxygen atoms in total. The topological polar surface area (TPSA) is 52.0 Å². The van der Waals surface area contributed by atoms with Gasteiger partial charge in [-0.05, 0) is 12.3 Å². The minimum absolute atomic E-state index is 0.674. The Morgan fingerprint density at radius 3 is 3.12 bits per heavy atom. The van der Waals surface area contributed by atoms with E-state index in [-0.39, 0.29) is 0 Å². The molecule has 0 saturated heterocycles. The van der Waals surface area contributed by atoms with Gasteiger partial charge in [0.25, 0.3) is 0 Å². The molecular weight excluding hydrogens is 104 g/mol. The van der Waals surface area contributed by atoms with Gasteiger partial charge in [0.1, 0.15) is 5.76 Å². The Hall–Kier alpha value is -1.25. The van der Waals surface area contributed by atoms with Gasteiger partial charge in [0.05, 0.1) is 6.20 Å². The molecule has 0 aliphatic heterocycles. The standard InChI is InChI=1S/C5H6N2O/c6-2-1-5-3-7-4-8-5/h1-4H,6H2/b2-1+. The van der Waals surface area contributed by atoms with Crippen molar-refractivity contribution in [2.75, 3.05) is 0 Å². The summed E-state index contributed by atoms with van der Waals surface area (Å²) in [5.74, 6) is 0.674. The predicted molar refractivity (Wildman–Crippen MR) is 29.7 cm³/mol. The Bertz CT molecular complexity index is 167. The minimum Gasteiger partial charge on any atom is -0.444 e. The summed E-state index contributed by atoms with van der Waals surface area (Å²) in [6, 6.07) is 0. The van der Waals surface area contributed by atoms with Crippen molar-refractivity contribution in [3.05, 3.63) is 24.6 Å². The number of aromatic nitrogens is 1. The maximum absolute atomic E-state index is 5.05. The lowest BCUT2D eigenvalue weighted by molar-refractivity contribution is 0.548. The molecule has 0 unspecified atom stereocenters. The molecule has 1 aromatic heterocycles. The first-order valence-corrected chi connectivity index (χ1v) is 2.20. The van der Waals surface area contributed by atoms with Crippen molar-refractivity contribution in [3.8, 4) is 0 Å². The van der Waals surface area contributed by atoms with Gasteiger partial charge < -0.3 is 10.2 Å². The van der Waals surface area contributed by atoms with Crippen LogP contribution in [-0.4, -0.2) is 4.98 Å². The molecule has 42 valence electrons. The van der Waals surface area contributed by atoms with E-state index in [4.69, 9.17) is 10.2 Å². The largest absolute Gasteiger partial charge is 0.444 e. The lowest BCUT2D eigenvalue weighted by Gasteiger charge is -1.74. The SMILES string of the molecule is N/C=C/c1cnco1. The van der Waals surface area contributed by atoms with Crippen molar-refractivity contribution in [2.45, 2.75) is 0 Å². The van der Waals surface area contributed by atoms with Crippen LogP contribution in [0.2, 0.25) is 0 Å². The first-order valence-electron chi connectivity index (χ1n) is 2.20. The Morgan fingerprint density at radius 1 is 1.75 bits per heavy atom. The van der Waals surface area contributed by atoms with E-state index in [0.717, 1.165) is 0 Å². The summed E-state index contributed by atoms with van der Waals surface area (Å²) in [5, 5.41) is 0. The zero-order chi connectivity index (χ0) is 5.82. The van der Waals surface area contributed by atoms with Crippen LogP contribution in [0.1, 0.15) is 5.76 Å². The van der Waals surface area contributed by atoms with Gasteiger partial charge in [-0.15, -0.1) is 0 Å². The molecule has 8 heavy (non-hydrogen) atoms. The summed E-state index contributed by atoms with van der Waals surface area (Å²) >= 11 is 0. The number of hydrogen-bond acceptors (Lipinski definition) is 3. The highest BCUT2D eigenvalue weighted by Gasteiger charge is 1.83. The number of rotatable bonds is 1. The summed E-state index contributed by atoms with van der Waals surface area (Å²) in [6.07, 6.45) is 5.98. The predicted octanol–water partition coefficient (Wildman–Crippen LogP) is 0.604. The van der Waals surface area contributed by atoms with Crippen molar-refractivity contribution in [3.63, 3.8) is 0 Å². The molecule has 0 fully saturated rings. The minimum atomic E-state index is 0.674. The smallest absolute Gasteiger partial charge is 0.181 e. The van der Waals surface area contributed by atoms with Crippen LogP contribution in [0.25, 0.3) is 6.08 Å². The summed E-state index contributed by atoms with van der Waals surface area (Å²) in [4.78, 5) is 3.67. The Labute approximate surface area is 46.8 Å². The highest BCUT2D eigenvalue weighted by Crippen LogP contribution is 1.96. The van der Waals surface area contributed by atoms with Gasteiger partial charge in [-0.3, -0.25) is 0 Å². The second-order valence-corrected chi connectivity index (χ2v) is 1.26. The van der Waals surface area contributed by atoms with Crippen molar-refractivity contribution in [2.24, 2.45) is 5.73 Å². The highest BCUT2D eigenvalue weighted by atomic mass is 16.3. The third-order valence-corrected chi connectivity index (χ3v) is 0.712. The summed E-state index contributed by atoms with van der Waals surface area (Å²) in [5.41, 5.74) is 5.05. The zero-order valence-corrected chi connectivity index (χ0v) is 4.24. The van der Waals surface area contributed by atoms with Crippen LogP contribution in [0.3, 0.4) is 0 Å². The van der Waals surface area contributed by atoms with E-state index in [1.165, 1.54) is 12.6 Å². The van der Waals surface area contributed by atoms with Gasteiger partial charge in [0, 0.05) is 0 Å². The molecule has 0 bridgehead atoms. The maximum Gasteiger partial charge on any atom is 0.181 e. The van der Waals surface area contributed by atoms with E-state index in [1.54, 1.807) is 12.3 Å². The van der Waals surface area contributed by atoms with Gasteiger partial charge in [0.2, 0.25) is 0 Å². The Morgan fingerprint density at radius 2 is 2.62 bits per heavy atom. The molecule has 0 aromatic carbocycles. The van der Waals surface area contributed by atoms with Crippen LogP contribution < -0.4 is 5.73 Å². The quantitative estimate of drug-likeness (QED) is 0.576. The van der Waals surface area contributed by atoms with Crippen LogP contribution in [-0.2, 0) is 0 Å². The van der Waals surface area contributed by atoms with Gasteiger partial charge >= 0.3 is 0 Å². The van der Waals surface area contributed by atoms with Gasteiger partial charge in [-0.1, -0.05) is 0 Å². The van der Waals surface area contributed by atoms with E-state index in [1.807, 2.05) is 0 Å². The monoisotopic (exact) mass is 110 g/mol. The molecule has 1 rings (SSSR count). The van der Waals surface area contributed by atoms with Crippen LogP contribution in [0.4, 0.5) is 0 Å². The molecular formula is C5H6N2O. The molecule has 3 heteroatoms. The van der Waals surface area contributed by atoms with Gasteiger partial charge in [0.15, 0.2) is 6.39 Å². The first-order chi connectivity index (χ1) is 3.93. The third-order valence-electron chi connectivity index (χ3n) is 0.712.